The molecule has 1 aliphatic carbocycles. The van der Waals surface area contributed by atoms with Crippen molar-refractivity contribution in [1.29, 1.82) is 0 Å². The van der Waals surface area contributed by atoms with Crippen LogP contribution in [-0.2, 0) is 10.2 Å². The van der Waals surface area contributed by atoms with Gasteiger partial charge < -0.3 is 4.90 Å². The van der Waals surface area contributed by atoms with Crippen molar-refractivity contribution in [3.63, 3.8) is 0 Å². The third-order valence-corrected chi connectivity index (χ3v) is 5.49. The first kappa shape index (κ1) is 15.7. The number of carbonyl (C=O) groups excluding carboxylic acids is 1. The number of benzene rings is 1. The van der Waals surface area contributed by atoms with Crippen molar-refractivity contribution >= 4 is 29.1 Å². The van der Waals surface area contributed by atoms with Gasteiger partial charge in [0, 0.05) is 24.9 Å². The maximum absolute atomic E-state index is 11.8. The second-order valence-electron chi connectivity index (χ2n) is 5.62. The van der Waals surface area contributed by atoms with E-state index in [0.29, 0.717) is 10.0 Å². The monoisotopic (exact) mass is 313 g/mol. The molecule has 0 aliphatic heterocycles. The summed E-state index contributed by atoms with van der Waals surface area (Å²) in [6.45, 7) is 6.55. The number of halogens is 2. The zero-order valence-corrected chi connectivity index (χ0v) is 13.8. The first-order valence-corrected chi connectivity index (χ1v) is 7.90. The predicted molar refractivity (Wildman–Crippen MR) is 84.5 cm³/mol. The molecule has 2 nitrogen and oxygen atoms in total. The molecule has 1 aromatic rings. The number of carbonyl (C=O) groups is 1. The normalized spacial score (nSPS) is 18.2. The van der Waals surface area contributed by atoms with Gasteiger partial charge in [0.25, 0.3) is 0 Å². The molecule has 0 bridgehead atoms. The molecule has 1 aromatic carbocycles. The Balaban J connectivity index is 2.38. The molecule has 110 valence electrons. The van der Waals surface area contributed by atoms with E-state index in [1.54, 1.807) is 6.92 Å². The minimum absolute atomic E-state index is 0.0237. The molecule has 1 atom stereocenters. The Labute approximate surface area is 131 Å². The van der Waals surface area contributed by atoms with E-state index in [4.69, 9.17) is 23.2 Å². The van der Waals surface area contributed by atoms with Crippen molar-refractivity contribution in [3.05, 3.63) is 33.8 Å². The largest absolute Gasteiger partial charge is 0.340 e. The predicted octanol–water partition coefficient (Wildman–Crippen LogP) is 4.67. The van der Waals surface area contributed by atoms with E-state index in [9.17, 15) is 4.79 Å². The van der Waals surface area contributed by atoms with Crippen molar-refractivity contribution in [2.75, 3.05) is 6.54 Å². The highest BCUT2D eigenvalue weighted by Crippen LogP contribution is 2.49. The molecule has 1 saturated carbocycles. The fourth-order valence-electron chi connectivity index (χ4n) is 3.38. The zero-order valence-electron chi connectivity index (χ0n) is 12.2. The molecule has 1 fully saturated rings. The van der Waals surface area contributed by atoms with E-state index in [-0.39, 0.29) is 17.4 Å². The lowest BCUT2D eigenvalue weighted by Crippen LogP contribution is -2.54. The van der Waals surface area contributed by atoms with Crippen LogP contribution in [-0.4, -0.2) is 23.4 Å². The first-order chi connectivity index (χ1) is 9.42. The third kappa shape index (κ3) is 2.56. The third-order valence-electron chi connectivity index (χ3n) is 4.75. The highest BCUT2D eigenvalue weighted by atomic mass is 35.5. The van der Waals surface area contributed by atoms with E-state index < -0.39 is 0 Å². The lowest BCUT2D eigenvalue weighted by atomic mass is 9.60. The van der Waals surface area contributed by atoms with E-state index in [0.717, 1.165) is 19.4 Å². The number of rotatable bonds is 4. The van der Waals surface area contributed by atoms with Gasteiger partial charge in [-0.05, 0) is 44.4 Å². The van der Waals surface area contributed by atoms with Crippen LogP contribution in [0.25, 0.3) is 0 Å². The van der Waals surface area contributed by atoms with Crippen molar-refractivity contribution in [3.8, 4) is 0 Å². The standard InChI is InChI=1S/C16H21Cl2NO/c1-4-19(12(3)20)11(2)16(8-5-9-16)13-6-7-14(17)15(18)10-13/h6-7,10-11H,4-5,8-9H2,1-3H3. The molecule has 1 unspecified atom stereocenters. The van der Waals surface area contributed by atoms with Crippen LogP contribution in [0.1, 0.15) is 45.6 Å². The average molecular weight is 314 g/mol. The van der Waals surface area contributed by atoms with Gasteiger partial charge in [0.1, 0.15) is 0 Å². The average Bonchev–Trinajstić information content (AvgIpc) is 2.32. The minimum Gasteiger partial charge on any atom is -0.340 e. The Kier molecular flexibility index (Phi) is 4.66. The van der Waals surface area contributed by atoms with Gasteiger partial charge in [0.15, 0.2) is 0 Å². The summed E-state index contributed by atoms with van der Waals surface area (Å²) in [6.07, 6.45) is 3.38. The molecule has 20 heavy (non-hydrogen) atoms. The van der Waals surface area contributed by atoms with E-state index in [2.05, 4.69) is 13.0 Å². The Morgan fingerprint density at radius 1 is 1.35 bits per heavy atom. The highest BCUT2D eigenvalue weighted by Gasteiger charge is 2.46. The SMILES string of the molecule is CCN(C(C)=O)C(C)C1(c2ccc(Cl)c(Cl)c2)CCC1. The minimum atomic E-state index is 0.0237. The van der Waals surface area contributed by atoms with Crippen LogP contribution in [0.2, 0.25) is 10.0 Å². The number of hydrogen-bond acceptors (Lipinski definition) is 1. The van der Waals surface area contributed by atoms with Crippen LogP contribution in [0, 0.1) is 0 Å². The summed E-state index contributed by atoms with van der Waals surface area (Å²) in [5.74, 6) is 0.131. The first-order valence-electron chi connectivity index (χ1n) is 7.15. The lowest BCUT2D eigenvalue weighted by molar-refractivity contribution is -0.133. The summed E-state index contributed by atoms with van der Waals surface area (Å²) in [5.41, 5.74) is 1.22. The Hall–Kier alpha value is -0.730. The van der Waals surface area contributed by atoms with Gasteiger partial charge >= 0.3 is 0 Å². The molecule has 0 heterocycles. The van der Waals surface area contributed by atoms with E-state index in [1.807, 2.05) is 24.0 Å². The fraction of sp³-hybridized carbons (Fsp3) is 0.562. The maximum atomic E-state index is 11.8. The molecule has 0 N–H and O–H groups in total. The summed E-state index contributed by atoms with van der Waals surface area (Å²) in [7, 11) is 0. The van der Waals surface area contributed by atoms with Crippen LogP contribution >= 0.6 is 23.2 Å². The van der Waals surface area contributed by atoms with Gasteiger partial charge in [0.2, 0.25) is 5.91 Å². The molecule has 0 radical (unpaired) electrons. The van der Waals surface area contributed by atoms with Crippen LogP contribution in [0.15, 0.2) is 18.2 Å². The maximum Gasteiger partial charge on any atom is 0.219 e. The molecule has 0 spiro atoms. The Bertz CT molecular complexity index is 511. The van der Waals surface area contributed by atoms with Crippen molar-refractivity contribution in [2.24, 2.45) is 0 Å². The molecule has 0 aromatic heterocycles. The van der Waals surface area contributed by atoms with Gasteiger partial charge in [-0.1, -0.05) is 35.7 Å². The summed E-state index contributed by atoms with van der Waals surface area (Å²) >= 11 is 12.2. The Morgan fingerprint density at radius 2 is 2.00 bits per heavy atom. The van der Waals surface area contributed by atoms with Crippen LogP contribution < -0.4 is 0 Å². The van der Waals surface area contributed by atoms with Crippen molar-refractivity contribution in [2.45, 2.75) is 51.5 Å². The molecular weight excluding hydrogens is 293 g/mol. The number of likely N-dealkylation sites (N-methyl/N-ethyl adjacent to an activating group) is 1. The topological polar surface area (TPSA) is 20.3 Å². The summed E-state index contributed by atoms with van der Waals surface area (Å²) in [5, 5.41) is 1.17. The highest BCUT2D eigenvalue weighted by molar-refractivity contribution is 6.42. The van der Waals surface area contributed by atoms with Gasteiger partial charge in [-0.25, -0.2) is 0 Å². The van der Waals surface area contributed by atoms with Gasteiger partial charge in [-0.3, -0.25) is 4.79 Å². The van der Waals surface area contributed by atoms with Gasteiger partial charge in [-0.2, -0.15) is 0 Å². The van der Waals surface area contributed by atoms with Crippen LogP contribution in [0.3, 0.4) is 0 Å². The Morgan fingerprint density at radius 3 is 2.40 bits per heavy atom. The second kappa shape index (κ2) is 5.95. The molecule has 0 saturated heterocycles. The van der Waals surface area contributed by atoms with E-state index in [1.165, 1.54) is 12.0 Å². The zero-order chi connectivity index (χ0) is 14.9. The molecule has 1 aliphatic rings. The summed E-state index contributed by atoms with van der Waals surface area (Å²) in [4.78, 5) is 13.8. The fourth-order valence-corrected chi connectivity index (χ4v) is 3.68. The van der Waals surface area contributed by atoms with E-state index >= 15 is 0 Å². The van der Waals surface area contributed by atoms with Gasteiger partial charge in [-0.15, -0.1) is 0 Å². The van der Waals surface area contributed by atoms with Gasteiger partial charge in [0.05, 0.1) is 10.0 Å². The number of nitrogens with zero attached hydrogens (tertiary/aromatic N) is 1. The van der Waals surface area contributed by atoms with Crippen LogP contribution in [0.4, 0.5) is 0 Å². The summed E-state index contributed by atoms with van der Waals surface area (Å²) in [6, 6.07) is 6.05. The quantitative estimate of drug-likeness (QED) is 0.790. The smallest absolute Gasteiger partial charge is 0.219 e. The second-order valence-corrected chi connectivity index (χ2v) is 6.43. The van der Waals surface area contributed by atoms with Crippen molar-refractivity contribution in [1.82, 2.24) is 4.90 Å². The van der Waals surface area contributed by atoms with Crippen molar-refractivity contribution < 1.29 is 4.79 Å². The summed E-state index contributed by atoms with van der Waals surface area (Å²) < 4.78 is 0. The molecule has 4 heteroatoms. The number of amides is 1. The lowest BCUT2D eigenvalue weighted by Gasteiger charge is -2.50. The molecule has 1 amide bonds. The van der Waals surface area contributed by atoms with Crippen LogP contribution in [0.5, 0.6) is 0 Å². The molecular formula is C16H21Cl2NO. The number of hydrogen-bond donors (Lipinski definition) is 0. The molecule has 2 rings (SSSR count).